The molecule has 0 radical (unpaired) electrons. The van der Waals surface area contributed by atoms with Crippen LogP contribution in [0.3, 0.4) is 0 Å². The summed E-state index contributed by atoms with van der Waals surface area (Å²) in [5.74, 6) is 0.780. The van der Waals surface area contributed by atoms with E-state index in [1.54, 1.807) is 0 Å². The van der Waals surface area contributed by atoms with E-state index in [4.69, 9.17) is 11.6 Å². The van der Waals surface area contributed by atoms with Crippen molar-refractivity contribution in [2.45, 2.75) is 19.8 Å². The minimum atomic E-state index is 0.780. The van der Waals surface area contributed by atoms with Gasteiger partial charge in [-0.15, -0.1) is 0 Å². The van der Waals surface area contributed by atoms with Gasteiger partial charge in [-0.25, -0.2) is 0 Å². The monoisotopic (exact) mass is 252 g/mol. The first-order valence-corrected chi connectivity index (χ1v) is 6.71. The summed E-state index contributed by atoms with van der Waals surface area (Å²) < 4.78 is 0. The molecule has 0 atom stereocenters. The first kappa shape index (κ1) is 12.7. The van der Waals surface area contributed by atoms with E-state index >= 15 is 0 Å². The number of likely N-dealkylation sites (tertiary alicyclic amines) is 1. The molecule has 2 nitrogen and oxygen atoms in total. The van der Waals surface area contributed by atoms with E-state index in [9.17, 15) is 0 Å². The summed E-state index contributed by atoms with van der Waals surface area (Å²) in [6.07, 6.45) is 2.57. The van der Waals surface area contributed by atoms with Crippen LogP contribution in [0.2, 0.25) is 5.02 Å². The SMILES string of the molecule is Cc1ccc(Cl)c(NCC2CCN(C)CC2)c1. The molecule has 1 aromatic rings. The van der Waals surface area contributed by atoms with Crippen LogP contribution in [0.15, 0.2) is 18.2 Å². The van der Waals surface area contributed by atoms with Gasteiger partial charge < -0.3 is 10.2 Å². The molecule has 0 aliphatic carbocycles. The van der Waals surface area contributed by atoms with Crippen LogP contribution in [0.25, 0.3) is 0 Å². The fourth-order valence-corrected chi connectivity index (χ4v) is 2.48. The molecule has 1 N–H and O–H groups in total. The fraction of sp³-hybridized carbons (Fsp3) is 0.571. The predicted molar refractivity (Wildman–Crippen MR) is 74.9 cm³/mol. The number of aryl methyl sites for hydroxylation is 1. The maximum absolute atomic E-state index is 6.17. The number of hydrogen-bond donors (Lipinski definition) is 1. The molecule has 1 aliphatic rings. The largest absolute Gasteiger partial charge is 0.384 e. The minimum Gasteiger partial charge on any atom is -0.384 e. The summed E-state index contributed by atoms with van der Waals surface area (Å²) in [5.41, 5.74) is 2.32. The molecular formula is C14H21ClN2. The van der Waals surface area contributed by atoms with Crippen molar-refractivity contribution < 1.29 is 0 Å². The van der Waals surface area contributed by atoms with E-state index in [2.05, 4.69) is 30.3 Å². The number of benzene rings is 1. The van der Waals surface area contributed by atoms with Crippen LogP contribution >= 0.6 is 11.6 Å². The quantitative estimate of drug-likeness (QED) is 0.887. The lowest BCUT2D eigenvalue weighted by molar-refractivity contribution is 0.226. The number of halogens is 1. The normalized spacial score (nSPS) is 18.3. The van der Waals surface area contributed by atoms with Gasteiger partial charge in [0.05, 0.1) is 10.7 Å². The van der Waals surface area contributed by atoms with E-state index < -0.39 is 0 Å². The lowest BCUT2D eigenvalue weighted by atomic mass is 9.97. The molecule has 1 heterocycles. The summed E-state index contributed by atoms with van der Waals surface area (Å²) in [7, 11) is 2.20. The highest BCUT2D eigenvalue weighted by Gasteiger charge is 2.16. The number of piperidine rings is 1. The third-order valence-corrected chi connectivity index (χ3v) is 3.87. The summed E-state index contributed by atoms with van der Waals surface area (Å²) in [6, 6.07) is 6.13. The molecule has 0 aromatic heterocycles. The third-order valence-electron chi connectivity index (χ3n) is 3.54. The molecule has 1 aliphatic heterocycles. The highest BCUT2D eigenvalue weighted by Crippen LogP contribution is 2.24. The summed E-state index contributed by atoms with van der Waals surface area (Å²) in [4.78, 5) is 2.40. The topological polar surface area (TPSA) is 15.3 Å². The van der Waals surface area contributed by atoms with Crippen molar-refractivity contribution in [1.29, 1.82) is 0 Å². The Balaban J connectivity index is 1.87. The number of hydrogen-bond acceptors (Lipinski definition) is 2. The second-order valence-electron chi connectivity index (χ2n) is 5.11. The van der Waals surface area contributed by atoms with Gasteiger partial charge in [0.15, 0.2) is 0 Å². The second kappa shape index (κ2) is 5.74. The molecular weight excluding hydrogens is 232 g/mol. The fourth-order valence-electron chi connectivity index (χ4n) is 2.30. The van der Waals surface area contributed by atoms with Gasteiger partial charge in [-0.3, -0.25) is 0 Å². The lowest BCUT2D eigenvalue weighted by Crippen LogP contribution is -2.32. The van der Waals surface area contributed by atoms with Crippen LogP contribution < -0.4 is 5.32 Å². The van der Waals surface area contributed by atoms with Crippen LogP contribution in [0, 0.1) is 12.8 Å². The van der Waals surface area contributed by atoms with E-state index in [1.165, 1.54) is 31.5 Å². The second-order valence-corrected chi connectivity index (χ2v) is 5.52. The molecule has 94 valence electrons. The molecule has 0 saturated carbocycles. The van der Waals surface area contributed by atoms with Gasteiger partial charge in [-0.2, -0.15) is 0 Å². The standard InChI is InChI=1S/C14H21ClN2/c1-11-3-4-13(15)14(9-11)16-10-12-5-7-17(2)8-6-12/h3-4,9,12,16H,5-8,10H2,1-2H3. The molecule has 0 bridgehead atoms. The molecule has 2 rings (SSSR count). The number of anilines is 1. The van der Waals surface area contributed by atoms with Crippen molar-refractivity contribution in [1.82, 2.24) is 4.90 Å². The highest BCUT2D eigenvalue weighted by molar-refractivity contribution is 6.33. The molecule has 0 unspecified atom stereocenters. The number of nitrogens with one attached hydrogen (secondary N) is 1. The van der Waals surface area contributed by atoms with Crippen molar-refractivity contribution in [2.24, 2.45) is 5.92 Å². The highest BCUT2D eigenvalue weighted by atomic mass is 35.5. The van der Waals surface area contributed by atoms with Crippen LogP contribution in [-0.4, -0.2) is 31.6 Å². The third kappa shape index (κ3) is 3.62. The number of nitrogens with zero attached hydrogens (tertiary/aromatic N) is 1. The average molecular weight is 253 g/mol. The van der Waals surface area contributed by atoms with Crippen LogP contribution in [0.5, 0.6) is 0 Å². The number of rotatable bonds is 3. The first-order chi connectivity index (χ1) is 8.15. The Morgan fingerprint density at radius 2 is 2.06 bits per heavy atom. The van der Waals surface area contributed by atoms with Crippen LogP contribution in [-0.2, 0) is 0 Å². The van der Waals surface area contributed by atoms with Gasteiger partial charge in [-0.1, -0.05) is 17.7 Å². The van der Waals surface area contributed by atoms with Gasteiger partial charge in [0, 0.05) is 6.54 Å². The van der Waals surface area contributed by atoms with Crippen molar-refractivity contribution in [3.63, 3.8) is 0 Å². The van der Waals surface area contributed by atoms with E-state index in [0.29, 0.717) is 0 Å². The molecule has 3 heteroatoms. The van der Waals surface area contributed by atoms with Gasteiger partial charge in [0.2, 0.25) is 0 Å². The minimum absolute atomic E-state index is 0.780. The van der Waals surface area contributed by atoms with Gasteiger partial charge in [0.25, 0.3) is 0 Å². The smallest absolute Gasteiger partial charge is 0.0637 e. The zero-order chi connectivity index (χ0) is 12.3. The van der Waals surface area contributed by atoms with Gasteiger partial charge in [0.1, 0.15) is 0 Å². The summed E-state index contributed by atoms with van der Waals surface area (Å²) in [6.45, 7) is 5.57. The predicted octanol–water partition coefficient (Wildman–Crippen LogP) is 3.40. The van der Waals surface area contributed by atoms with E-state index in [0.717, 1.165) is 23.2 Å². The summed E-state index contributed by atoms with van der Waals surface area (Å²) >= 11 is 6.17. The average Bonchev–Trinajstić information content (AvgIpc) is 2.32. The molecule has 17 heavy (non-hydrogen) atoms. The molecule has 0 amide bonds. The molecule has 1 fully saturated rings. The van der Waals surface area contributed by atoms with Crippen molar-refractivity contribution in [3.05, 3.63) is 28.8 Å². The van der Waals surface area contributed by atoms with Crippen molar-refractivity contribution in [2.75, 3.05) is 32.0 Å². The zero-order valence-electron chi connectivity index (χ0n) is 10.7. The maximum Gasteiger partial charge on any atom is 0.0637 e. The van der Waals surface area contributed by atoms with Gasteiger partial charge >= 0.3 is 0 Å². The van der Waals surface area contributed by atoms with Gasteiger partial charge in [-0.05, 0) is 63.5 Å². The Morgan fingerprint density at radius 1 is 1.35 bits per heavy atom. The summed E-state index contributed by atoms with van der Waals surface area (Å²) in [5, 5.41) is 4.31. The molecule has 1 aromatic carbocycles. The Labute approximate surface area is 109 Å². The zero-order valence-corrected chi connectivity index (χ0v) is 11.4. The Hall–Kier alpha value is -0.730. The van der Waals surface area contributed by atoms with E-state index in [-0.39, 0.29) is 0 Å². The molecule has 1 saturated heterocycles. The van der Waals surface area contributed by atoms with Crippen molar-refractivity contribution >= 4 is 17.3 Å². The maximum atomic E-state index is 6.17. The Morgan fingerprint density at radius 3 is 2.76 bits per heavy atom. The van der Waals surface area contributed by atoms with Crippen LogP contribution in [0.4, 0.5) is 5.69 Å². The Kier molecular flexibility index (Phi) is 4.30. The van der Waals surface area contributed by atoms with Crippen LogP contribution in [0.1, 0.15) is 18.4 Å². The van der Waals surface area contributed by atoms with Crippen molar-refractivity contribution in [3.8, 4) is 0 Å². The lowest BCUT2D eigenvalue weighted by Gasteiger charge is -2.29. The molecule has 0 spiro atoms. The van der Waals surface area contributed by atoms with E-state index in [1.807, 2.05) is 12.1 Å². The first-order valence-electron chi connectivity index (χ1n) is 6.33. The Bertz CT molecular complexity index is 370.